The third-order valence-corrected chi connectivity index (χ3v) is 9.05. The number of methoxy groups -OCH3 is 1. The first-order chi connectivity index (χ1) is 24.7. The second-order valence-electron chi connectivity index (χ2n) is 13.5. The number of aliphatic hydroxyl groups is 4. The van der Waals surface area contributed by atoms with Gasteiger partial charge in [-0.1, -0.05) is 26.2 Å². The number of quaternary nitrogens is 3. The van der Waals surface area contributed by atoms with Crippen molar-refractivity contribution in [2.45, 2.75) is 153 Å². The summed E-state index contributed by atoms with van der Waals surface area (Å²) in [7, 11) is 1.18. The van der Waals surface area contributed by atoms with E-state index < -0.39 is 72.0 Å². The zero-order chi connectivity index (χ0) is 39.6. The summed E-state index contributed by atoms with van der Waals surface area (Å²) in [5.74, 6) is -4.44. The molecule has 17 heteroatoms. The maximum absolute atomic E-state index is 13.7. The van der Waals surface area contributed by atoms with Crippen LogP contribution in [-0.2, 0) is 33.5 Å². The lowest BCUT2D eigenvalue weighted by Gasteiger charge is -2.25. The Balaban J connectivity index is 5.48. The minimum absolute atomic E-state index is 0.00787. The van der Waals surface area contributed by atoms with Crippen molar-refractivity contribution < 1.29 is 71.1 Å². The molecule has 0 aromatic carbocycles. The summed E-state index contributed by atoms with van der Waals surface area (Å²) in [5, 5.41) is 47.4. The van der Waals surface area contributed by atoms with Gasteiger partial charge in [0.05, 0.1) is 26.2 Å². The fraction of sp³-hybridized carbons (Fsp3) is 0.829. The molecule has 0 spiro atoms. The van der Waals surface area contributed by atoms with Crippen LogP contribution >= 0.6 is 0 Å². The van der Waals surface area contributed by atoms with Crippen molar-refractivity contribution in [2.75, 3.05) is 26.7 Å². The Morgan fingerprint density at radius 1 is 0.654 bits per heavy atom. The number of carbonyl (C=O) groups excluding carboxylic acids is 6. The molecule has 0 aliphatic rings. The molecular weight excluding hydrogens is 680 g/mol. The number of ketones is 2. The van der Waals surface area contributed by atoms with Gasteiger partial charge < -0.3 is 58.3 Å². The minimum atomic E-state index is -2.12. The van der Waals surface area contributed by atoms with Gasteiger partial charge in [0.2, 0.25) is 5.91 Å². The number of hydrogen-bond acceptors (Lipinski definition) is 11. The lowest BCUT2D eigenvalue weighted by atomic mass is 9.90. The second kappa shape index (κ2) is 28.4. The molecule has 8 atom stereocenters. The van der Waals surface area contributed by atoms with E-state index >= 15 is 0 Å². The quantitative estimate of drug-likeness (QED) is 0.0244. The first-order valence-electron chi connectivity index (χ1n) is 18.8. The van der Waals surface area contributed by atoms with Crippen molar-refractivity contribution in [3.8, 4) is 0 Å². The van der Waals surface area contributed by atoms with E-state index in [1.807, 2.05) is 0 Å². The highest BCUT2D eigenvalue weighted by atomic mass is 16.5. The van der Waals surface area contributed by atoms with Gasteiger partial charge >= 0.3 is 5.97 Å². The van der Waals surface area contributed by atoms with Gasteiger partial charge in [-0.3, -0.25) is 24.0 Å². The molecule has 0 saturated heterocycles. The molecule has 0 radical (unpaired) electrons. The summed E-state index contributed by atoms with van der Waals surface area (Å²) in [6.07, 6.45) is 0.505. The second-order valence-corrected chi connectivity index (χ2v) is 13.5. The van der Waals surface area contributed by atoms with E-state index in [4.69, 9.17) is 4.74 Å². The lowest BCUT2D eigenvalue weighted by Crippen LogP contribution is -2.68. The molecule has 0 heterocycles. The van der Waals surface area contributed by atoms with Crippen LogP contribution < -0.4 is 33.2 Å². The van der Waals surface area contributed by atoms with E-state index in [1.54, 1.807) is 0 Å². The van der Waals surface area contributed by atoms with E-state index in [0.29, 0.717) is 51.6 Å². The van der Waals surface area contributed by atoms with Gasteiger partial charge in [-0.25, -0.2) is 4.79 Å². The van der Waals surface area contributed by atoms with E-state index in [-0.39, 0.29) is 37.5 Å². The molecule has 0 saturated carbocycles. The number of ether oxygens (including phenoxy) is 1. The molecule has 0 aromatic rings. The summed E-state index contributed by atoms with van der Waals surface area (Å²) < 4.78 is 4.90. The summed E-state index contributed by atoms with van der Waals surface area (Å²) >= 11 is 0. The van der Waals surface area contributed by atoms with Gasteiger partial charge in [0.15, 0.2) is 23.7 Å². The van der Waals surface area contributed by atoms with E-state index in [9.17, 15) is 49.2 Å². The normalized spacial score (nSPS) is 16.0. The highest BCUT2D eigenvalue weighted by Gasteiger charge is 2.36. The maximum Gasteiger partial charge on any atom is 0.328 e. The lowest BCUT2D eigenvalue weighted by molar-refractivity contribution is -0.405. The fourth-order valence-electron chi connectivity index (χ4n) is 5.60. The van der Waals surface area contributed by atoms with Gasteiger partial charge in [-0.15, -0.1) is 0 Å². The maximum atomic E-state index is 13.7. The summed E-state index contributed by atoms with van der Waals surface area (Å²) in [6, 6.07) is -2.33. The molecule has 0 aromatic heterocycles. The van der Waals surface area contributed by atoms with Crippen LogP contribution in [0.15, 0.2) is 0 Å². The topological polar surface area (TPSA) is 312 Å². The molecule has 0 fully saturated rings. The molecule has 52 heavy (non-hydrogen) atoms. The van der Waals surface area contributed by atoms with Gasteiger partial charge in [-0.05, 0) is 71.1 Å². The molecule has 3 amide bonds. The Kier molecular flexibility index (Phi) is 26.8. The highest BCUT2D eigenvalue weighted by Crippen LogP contribution is 2.18. The van der Waals surface area contributed by atoms with Gasteiger partial charge in [0.1, 0.15) is 24.4 Å². The zero-order valence-corrected chi connectivity index (χ0v) is 31.6. The van der Waals surface area contributed by atoms with Crippen molar-refractivity contribution >= 4 is 35.3 Å². The number of nitrogens with one attached hydrogen (secondary N) is 3. The number of hydrogen-bond donors (Lipinski definition) is 10. The molecule has 17 nitrogen and oxygen atoms in total. The highest BCUT2D eigenvalue weighted by molar-refractivity contribution is 5.94. The standard InChI is InChI=1S/C35H66N6O11/c1-4-5-6-7-15-24(38)33(49)40-25(16-9-12-19-37)27(43)21-23(14-8-11-18-36)32(48)41-26(35(51)52-3)17-10-13-20-39-34(50)31(47)30(46)29(45)28(44)22(2)42/h23-26,28-31,44-47H,4-21,36-38H2,1-3H3,(H,39,50)(H,40,49)(H,41,48)/p+3/t23-,24+,25+,26+,28?,29?,30?,31?/m1/s1. The van der Waals surface area contributed by atoms with Crippen LogP contribution in [0.4, 0.5) is 0 Å². The van der Waals surface area contributed by atoms with Crippen LogP contribution in [0.5, 0.6) is 0 Å². The van der Waals surface area contributed by atoms with Gasteiger partial charge in [0, 0.05) is 25.3 Å². The Hall–Kier alpha value is -3.06. The van der Waals surface area contributed by atoms with Gasteiger partial charge in [-0.2, -0.15) is 0 Å². The Labute approximate surface area is 307 Å². The smallest absolute Gasteiger partial charge is 0.328 e. The average molecular weight is 750 g/mol. The average Bonchev–Trinajstić information content (AvgIpc) is 3.12. The molecular formula is C35H69N6O11+3. The Morgan fingerprint density at radius 3 is 1.77 bits per heavy atom. The van der Waals surface area contributed by atoms with Crippen molar-refractivity contribution in [3.63, 3.8) is 0 Å². The van der Waals surface area contributed by atoms with Crippen molar-refractivity contribution in [2.24, 2.45) is 5.92 Å². The van der Waals surface area contributed by atoms with Crippen LogP contribution in [0, 0.1) is 5.92 Å². The van der Waals surface area contributed by atoms with Crippen LogP contribution in [-0.4, -0.2) is 125 Å². The van der Waals surface area contributed by atoms with E-state index in [0.717, 1.165) is 45.4 Å². The number of Topliss-reactive ketones (excluding diaryl/α,β-unsaturated/α-hetero) is 2. The van der Waals surface area contributed by atoms with Gasteiger partial charge in [0.25, 0.3) is 11.8 Å². The predicted octanol–water partition coefficient (Wildman–Crippen LogP) is -3.57. The summed E-state index contributed by atoms with van der Waals surface area (Å²) in [4.78, 5) is 76.4. The molecule has 4 unspecified atom stereocenters. The van der Waals surface area contributed by atoms with E-state index in [1.165, 1.54) is 7.11 Å². The molecule has 302 valence electrons. The van der Waals surface area contributed by atoms with Crippen LogP contribution in [0.25, 0.3) is 0 Å². The number of esters is 1. The van der Waals surface area contributed by atoms with Crippen LogP contribution in [0.2, 0.25) is 0 Å². The van der Waals surface area contributed by atoms with Crippen LogP contribution in [0.1, 0.15) is 110 Å². The predicted molar refractivity (Wildman–Crippen MR) is 189 cm³/mol. The van der Waals surface area contributed by atoms with Crippen molar-refractivity contribution in [3.05, 3.63) is 0 Å². The van der Waals surface area contributed by atoms with Crippen molar-refractivity contribution in [1.82, 2.24) is 16.0 Å². The summed E-state index contributed by atoms with van der Waals surface area (Å²) in [5.41, 5.74) is 11.7. The number of rotatable bonds is 31. The molecule has 0 rings (SSSR count). The first-order valence-corrected chi connectivity index (χ1v) is 18.8. The minimum Gasteiger partial charge on any atom is -0.467 e. The zero-order valence-electron chi connectivity index (χ0n) is 31.6. The number of carbonyl (C=O) groups is 6. The van der Waals surface area contributed by atoms with E-state index in [2.05, 4.69) is 40.1 Å². The number of unbranched alkanes of at least 4 members (excludes halogenated alkanes) is 6. The summed E-state index contributed by atoms with van der Waals surface area (Å²) in [6.45, 7) is 4.40. The SMILES string of the molecule is CCCCCC[C@H]([NH3+])C(=O)N[C@@H](CCCC[NH3+])C(=O)C[C@@H](CCCC[NH3+])C(=O)N[C@@H](CCCCNC(=O)C(O)C(O)C(O)C(O)C(C)=O)C(=O)OC. The molecule has 0 aliphatic carbocycles. The third-order valence-electron chi connectivity index (χ3n) is 9.05. The largest absolute Gasteiger partial charge is 0.467 e. The van der Waals surface area contributed by atoms with Crippen LogP contribution in [0.3, 0.4) is 0 Å². The monoisotopic (exact) mass is 750 g/mol. The van der Waals surface area contributed by atoms with Crippen molar-refractivity contribution in [1.29, 1.82) is 0 Å². The Bertz CT molecular complexity index is 1080. The third kappa shape index (κ3) is 19.7. The first kappa shape index (κ1) is 48.9. The number of amides is 3. The molecule has 16 N–H and O–H groups in total. The molecule has 0 aliphatic heterocycles. The Morgan fingerprint density at radius 2 is 1.19 bits per heavy atom. The molecule has 0 bridgehead atoms. The fourth-order valence-corrected chi connectivity index (χ4v) is 5.60. The number of aliphatic hydroxyl groups excluding tert-OH is 4.